The third kappa shape index (κ3) is 1.78. The molecule has 0 atom stereocenters. The quantitative estimate of drug-likeness (QED) is 0.643. The van der Waals surface area contributed by atoms with Gasteiger partial charge in [-0.25, -0.2) is 4.39 Å². The van der Waals surface area contributed by atoms with E-state index in [0.717, 1.165) is 10.4 Å². The molecule has 0 radical (unpaired) electrons. The van der Waals surface area contributed by atoms with Crippen molar-refractivity contribution in [3.05, 3.63) is 47.1 Å². The average molecular weight is 192 g/mol. The van der Waals surface area contributed by atoms with Gasteiger partial charge in [0.1, 0.15) is 5.82 Å². The van der Waals surface area contributed by atoms with Gasteiger partial charge in [0, 0.05) is 9.75 Å². The number of hydrogen-bond donors (Lipinski definition) is 0. The third-order valence-electron chi connectivity index (χ3n) is 1.85. The van der Waals surface area contributed by atoms with E-state index in [1.807, 2.05) is 25.1 Å². The first kappa shape index (κ1) is 8.45. The highest BCUT2D eigenvalue weighted by Gasteiger charge is 2.00. The number of benzene rings is 1. The number of halogens is 1. The van der Waals surface area contributed by atoms with Gasteiger partial charge >= 0.3 is 0 Å². The Morgan fingerprint density at radius 3 is 2.62 bits per heavy atom. The van der Waals surface area contributed by atoms with Crippen LogP contribution in [0.25, 0.3) is 10.4 Å². The summed E-state index contributed by atoms with van der Waals surface area (Å²) in [6.07, 6.45) is 0. The van der Waals surface area contributed by atoms with E-state index in [0.29, 0.717) is 0 Å². The molecule has 13 heavy (non-hydrogen) atoms. The highest BCUT2D eigenvalue weighted by atomic mass is 32.1. The lowest BCUT2D eigenvalue weighted by Gasteiger charge is -1.95. The molecule has 2 rings (SSSR count). The fourth-order valence-corrected chi connectivity index (χ4v) is 2.10. The number of thiophene rings is 1. The number of aryl methyl sites for hydroxylation is 1. The van der Waals surface area contributed by atoms with Crippen LogP contribution < -0.4 is 0 Å². The minimum absolute atomic E-state index is 0.177. The zero-order chi connectivity index (χ0) is 9.26. The molecule has 2 heteroatoms. The lowest BCUT2D eigenvalue weighted by molar-refractivity contribution is 0.628. The Labute approximate surface area is 80.7 Å². The summed E-state index contributed by atoms with van der Waals surface area (Å²) in [6, 6.07) is 10.8. The molecule has 0 saturated heterocycles. The second-order valence-corrected chi connectivity index (χ2v) is 4.21. The van der Waals surface area contributed by atoms with Gasteiger partial charge in [-0.2, -0.15) is 0 Å². The molecule has 66 valence electrons. The van der Waals surface area contributed by atoms with E-state index in [-0.39, 0.29) is 5.82 Å². The van der Waals surface area contributed by atoms with E-state index in [2.05, 4.69) is 0 Å². The van der Waals surface area contributed by atoms with Crippen LogP contribution in [0.5, 0.6) is 0 Å². The second-order valence-electron chi connectivity index (χ2n) is 2.92. The van der Waals surface area contributed by atoms with Crippen molar-refractivity contribution in [3.63, 3.8) is 0 Å². The molecule has 1 heterocycles. The summed E-state index contributed by atoms with van der Waals surface area (Å²) in [5.74, 6) is -0.177. The summed E-state index contributed by atoms with van der Waals surface area (Å²) in [6.45, 7) is 2.05. The van der Waals surface area contributed by atoms with Gasteiger partial charge < -0.3 is 0 Å². The molecule has 0 aliphatic carbocycles. The highest BCUT2D eigenvalue weighted by molar-refractivity contribution is 7.15. The van der Waals surface area contributed by atoms with Crippen LogP contribution in [-0.4, -0.2) is 0 Å². The van der Waals surface area contributed by atoms with Gasteiger partial charge in [0.25, 0.3) is 0 Å². The van der Waals surface area contributed by atoms with Crippen LogP contribution in [0.15, 0.2) is 36.4 Å². The Morgan fingerprint density at radius 2 is 2.00 bits per heavy atom. The fourth-order valence-electron chi connectivity index (χ4n) is 1.23. The van der Waals surface area contributed by atoms with Gasteiger partial charge in [-0.15, -0.1) is 11.3 Å². The molecule has 0 spiro atoms. The molecule has 0 saturated carbocycles. The molecule has 0 unspecified atom stereocenters. The monoisotopic (exact) mass is 192 g/mol. The van der Waals surface area contributed by atoms with E-state index in [9.17, 15) is 4.39 Å². The van der Waals surface area contributed by atoms with Crippen LogP contribution in [0.3, 0.4) is 0 Å². The molecule has 0 aliphatic rings. The molecule has 0 fully saturated rings. The van der Waals surface area contributed by atoms with Gasteiger partial charge in [-0.3, -0.25) is 0 Å². The highest BCUT2D eigenvalue weighted by Crippen LogP contribution is 2.27. The molecule has 0 N–H and O–H groups in total. The smallest absolute Gasteiger partial charge is 0.123 e. The van der Waals surface area contributed by atoms with E-state index < -0.39 is 0 Å². The van der Waals surface area contributed by atoms with Crippen LogP contribution in [0, 0.1) is 12.7 Å². The Hall–Kier alpha value is -1.15. The zero-order valence-corrected chi connectivity index (χ0v) is 8.07. The molecule has 2 aromatic rings. The second kappa shape index (κ2) is 3.30. The summed E-state index contributed by atoms with van der Waals surface area (Å²) in [5, 5.41) is 0. The maximum Gasteiger partial charge on any atom is 0.123 e. The summed E-state index contributed by atoms with van der Waals surface area (Å²) >= 11 is 1.68. The number of hydrogen-bond acceptors (Lipinski definition) is 1. The van der Waals surface area contributed by atoms with Gasteiger partial charge in [-0.05, 0) is 36.8 Å². The SMILES string of the molecule is Cc1ccc(-c2cccc(F)c2)s1. The summed E-state index contributed by atoms with van der Waals surface area (Å²) < 4.78 is 12.9. The van der Waals surface area contributed by atoms with Gasteiger partial charge in [0.05, 0.1) is 0 Å². The van der Waals surface area contributed by atoms with Gasteiger partial charge in [0.2, 0.25) is 0 Å². The molecule has 1 aromatic carbocycles. The maximum atomic E-state index is 12.9. The van der Waals surface area contributed by atoms with Crippen molar-refractivity contribution in [3.8, 4) is 10.4 Å². The van der Waals surface area contributed by atoms with Crippen molar-refractivity contribution in [2.24, 2.45) is 0 Å². The van der Waals surface area contributed by atoms with Crippen LogP contribution >= 0.6 is 11.3 Å². The van der Waals surface area contributed by atoms with Crippen molar-refractivity contribution >= 4 is 11.3 Å². The predicted molar refractivity (Wildman–Crippen MR) is 54.5 cm³/mol. The summed E-state index contributed by atoms with van der Waals surface area (Å²) in [4.78, 5) is 2.37. The van der Waals surface area contributed by atoms with E-state index in [1.165, 1.54) is 10.9 Å². The summed E-state index contributed by atoms with van der Waals surface area (Å²) in [5.41, 5.74) is 0.957. The molecular formula is C11H9FS. The number of rotatable bonds is 1. The van der Waals surface area contributed by atoms with E-state index in [1.54, 1.807) is 23.5 Å². The first-order valence-corrected chi connectivity index (χ1v) is 4.90. The maximum absolute atomic E-state index is 12.9. The van der Waals surface area contributed by atoms with Crippen LogP contribution in [0.1, 0.15) is 4.88 Å². The Kier molecular flexibility index (Phi) is 2.15. The van der Waals surface area contributed by atoms with Crippen LogP contribution in [-0.2, 0) is 0 Å². The van der Waals surface area contributed by atoms with Crippen LogP contribution in [0.4, 0.5) is 4.39 Å². The molecule has 1 aromatic heterocycles. The lowest BCUT2D eigenvalue weighted by atomic mass is 10.2. The van der Waals surface area contributed by atoms with Crippen LogP contribution in [0.2, 0.25) is 0 Å². The standard InChI is InChI=1S/C11H9FS/c1-8-5-6-11(13-8)9-3-2-4-10(12)7-9/h2-7H,1H3. The van der Waals surface area contributed by atoms with Crippen molar-refractivity contribution < 1.29 is 4.39 Å². The third-order valence-corrected chi connectivity index (χ3v) is 2.90. The Morgan fingerprint density at radius 1 is 1.15 bits per heavy atom. The first-order valence-electron chi connectivity index (χ1n) is 4.08. The average Bonchev–Trinajstić information content (AvgIpc) is 2.52. The molecular weight excluding hydrogens is 183 g/mol. The molecule has 0 aliphatic heterocycles. The van der Waals surface area contributed by atoms with Crippen molar-refractivity contribution in [1.29, 1.82) is 0 Å². The molecule has 0 amide bonds. The Balaban J connectivity index is 2.46. The Bertz CT molecular complexity index is 418. The fraction of sp³-hybridized carbons (Fsp3) is 0.0909. The van der Waals surface area contributed by atoms with Crippen molar-refractivity contribution in [1.82, 2.24) is 0 Å². The van der Waals surface area contributed by atoms with Crippen molar-refractivity contribution in [2.45, 2.75) is 6.92 Å². The van der Waals surface area contributed by atoms with Crippen molar-refractivity contribution in [2.75, 3.05) is 0 Å². The minimum Gasteiger partial charge on any atom is -0.207 e. The zero-order valence-electron chi connectivity index (χ0n) is 7.25. The van der Waals surface area contributed by atoms with E-state index in [4.69, 9.17) is 0 Å². The minimum atomic E-state index is -0.177. The topological polar surface area (TPSA) is 0 Å². The normalized spacial score (nSPS) is 10.3. The summed E-state index contributed by atoms with van der Waals surface area (Å²) in [7, 11) is 0. The molecule has 0 bridgehead atoms. The predicted octanol–water partition coefficient (Wildman–Crippen LogP) is 3.86. The molecule has 0 nitrogen and oxygen atoms in total. The van der Waals surface area contributed by atoms with E-state index >= 15 is 0 Å². The van der Waals surface area contributed by atoms with Gasteiger partial charge in [-0.1, -0.05) is 12.1 Å². The van der Waals surface area contributed by atoms with Gasteiger partial charge in [0.15, 0.2) is 0 Å². The lowest BCUT2D eigenvalue weighted by Crippen LogP contribution is -1.74. The first-order chi connectivity index (χ1) is 6.25. The largest absolute Gasteiger partial charge is 0.207 e.